The van der Waals surface area contributed by atoms with E-state index >= 15 is 0 Å². The van der Waals surface area contributed by atoms with Crippen molar-refractivity contribution in [3.63, 3.8) is 0 Å². The molecule has 1 aromatic rings. The highest BCUT2D eigenvalue weighted by molar-refractivity contribution is 7.10. The van der Waals surface area contributed by atoms with E-state index in [0.29, 0.717) is 12.5 Å². The molecule has 2 N–H and O–H groups in total. The Morgan fingerprint density at radius 1 is 1.45 bits per heavy atom. The van der Waals surface area contributed by atoms with Gasteiger partial charge < -0.3 is 15.5 Å². The first-order chi connectivity index (χ1) is 10.5. The number of thiophene rings is 1. The fourth-order valence-electron chi connectivity index (χ4n) is 3.35. The highest BCUT2D eigenvalue weighted by Crippen LogP contribution is 2.47. The second kappa shape index (κ2) is 6.01. The van der Waals surface area contributed by atoms with Gasteiger partial charge in [0, 0.05) is 10.9 Å². The lowest BCUT2D eigenvalue weighted by Gasteiger charge is -2.28. The number of likely N-dealkylation sites (N-methyl/N-ethyl adjacent to an activating group) is 1. The summed E-state index contributed by atoms with van der Waals surface area (Å²) in [6.45, 7) is 4.35. The third-order valence-corrected chi connectivity index (χ3v) is 5.79. The minimum atomic E-state index is -0.298. The Kier molecular flexibility index (Phi) is 4.23. The van der Waals surface area contributed by atoms with Crippen LogP contribution < -0.4 is 10.6 Å². The highest BCUT2D eigenvalue weighted by atomic mass is 32.1. The highest BCUT2D eigenvalue weighted by Gasteiger charge is 2.55. The SMILES string of the molecule is CNCC(=O)N1C(C(=O)N[C@H](C)c2cc(C)cs2)CC2CC21. The summed E-state index contributed by atoms with van der Waals surface area (Å²) in [6, 6.07) is 2.08. The second-order valence-electron chi connectivity index (χ2n) is 6.40. The van der Waals surface area contributed by atoms with Crippen LogP contribution in [0.1, 0.15) is 36.2 Å². The summed E-state index contributed by atoms with van der Waals surface area (Å²) in [6.07, 6.45) is 1.86. The quantitative estimate of drug-likeness (QED) is 0.863. The fourth-order valence-corrected chi connectivity index (χ4v) is 4.26. The zero-order valence-electron chi connectivity index (χ0n) is 13.3. The number of carbonyl (C=O) groups excluding carboxylic acids is 2. The number of nitrogens with one attached hydrogen (secondary N) is 2. The number of aryl methyl sites for hydroxylation is 1. The largest absolute Gasteiger partial charge is 0.347 e. The summed E-state index contributed by atoms with van der Waals surface area (Å²) in [4.78, 5) is 27.8. The molecule has 3 rings (SSSR count). The molecule has 6 heteroatoms. The first-order valence-corrected chi connectivity index (χ1v) is 8.70. The zero-order valence-corrected chi connectivity index (χ0v) is 14.1. The Balaban J connectivity index is 1.65. The van der Waals surface area contributed by atoms with Gasteiger partial charge in [-0.25, -0.2) is 0 Å². The van der Waals surface area contributed by atoms with Crippen LogP contribution in [0.5, 0.6) is 0 Å². The van der Waals surface area contributed by atoms with Gasteiger partial charge in [-0.05, 0) is 56.7 Å². The van der Waals surface area contributed by atoms with Crippen molar-refractivity contribution >= 4 is 23.2 Å². The molecule has 1 saturated heterocycles. The normalized spacial score (nSPS) is 27.4. The maximum atomic E-state index is 12.6. The molecular weight excluding hydrogens is 298 g/mol. The average molecular weight is 321 g/mol. The van der Waals surface area contributed by atoms with Crippen molar-refractivity contribution in [2.75, 3.05) is 13.6 Å². The van der Waals surface area contributed by atoms with Gasteiger partial charge >= 0.3 is 0 Å². The van der Waals surface area contributed by atoms with Crippen molar-refractivity contribution in [2.45, 2.75) is 44.8 Å². The van der Waals surface area contributed by atoms with Crippen LogP contribution in [-0.2, 0) is 9.59 Å². The van der Waals surface area contributed by atoms with Gasteiger partial charge in [-0.3, -0.25) is 9.59 Å². The Morgan fingerprint density at radius 3 is 2.86 bits per heavy atom. The molecule has 1 aliphatic heterocycles. The van der Waals surface area contributed by atoms with Gasteiger partial charge in [-0.1, -0.05) is 0 Å². The predicted molar refractivity (Wildman–Crippen MR) is 86.7 cm³/mol. The van der Waals surface area contributed by atoms with Gasteiger partial charge in [0.25, 0.3) is 0 Å². The van der Waals surface area contributed by atoms with Crippen LogP contribution in [0.4, 0.5) is 0 Å². The van der Waals surface area contributed by atoms with E-state index in [1.807, 2.05) is 11.8 Å². The predicted octanol–water partition coefficient (Wildman–Crippen LogP) is 1.44. The lowest BCUT2D eigenvalue weighted by atomic mass is 10.1. The van der Waals surface area contributed by atoms with E-state index in [2.05, 4.69) is 29.0 Å². The molecule has 120 valence electrons. The number of hydrogen-bond donors (Lipinski definition) is 2. The van der Waals surface area contributed by atoms with E-state index in [-0.39, 0.29) is 29.9 Å². The van der Waals surface area contributed by atoms with E-state index in [1.54, 1.807) is 18.4 Å². The van der Waals surface area contributed by atoms with Gasteiger partial charge in [-0.2, -0.15) is 0 Å². The molecule has 5 nitrogen and oxygen atoms in total. The monoisotopic (exact) mass is 321 g/mol. The van der Waals surface area contributed by atoms with Crippen LogP contribution in [0.15, 0.2) is 11.4 Å². The molecule has 4 atom stereocenters. The molecule has 2 aliphatic rings. The third-order valence-electron chi connectivity index (χ3n) is 4.56. The molecule has 22 heavy (non-hydrogen) atoms. The van der Waals surface area contributed by atoms with E-state index in [9.17, 15) is 9.59 Å². The second-order valence-corrected chi connectivity index (χ2v) is 7.35. The molecule has 0 aromatic carbocycles. The minimum absolute atomic E-state index is 0.00983. The number of amides is 2. The van der Waals surface area contributed by atoms with Crippen molar-refractivity contribution in [2.24, 2.45) is 5.92 Å². The average Bonchev–Trinajstić information content (AvgIpc) is 2.92. The van der Waals surface area contributed by atoms with E-state index in [0.717, 1.165) is 17.7 Å². The maximum Gasteiger partial charge on any atom is 0.243 e. The Hall–Kier alpha value is -1.40. The molecule has 0 bridgehead atoms. The smallest absolute Gasteiger partial charge is 0.243 e. The van der Waals surface area contributed by atoms with Crippen LogP contribution in [0.3, 0.4) is 0 Å². The Bertz CT molecular complexity index is 586. The summed E-state index contributed by atoms with van der Waals surface area (Å²) in [5.74, 6) is 0.540. The van der Waals surface area contributed by atoms with Gasteiger partial charge in [0.2, 0.25) is 11.8 Å². The molecule has 2 fully saturated rings. The summed E-state index contributed by atoms with van der Waals surface area (Å²) in [5.41, 5.74) is 1.22. The molecule has 1 saturated carbocycles. The molecule has 2 heterocycles. The Morgan fingerprint density at radius 2 is 2.23 bits per heavy atom. The standard InChI is InChI=1S/C16H23N3O2S/c1-9-4-14(22-8-9)10(2)18-16(21)13-6-11-5-12(11)19(13)15(20)7-17-3/h4,8,10-13,17H,5-7H2,1-3H3,(H,18,21)/t10-,11?,12?,13?/m1/s1. The van der Waals surface area contributed by atoms with E-state index in [1.165, 1.54) is 5.56 Å². The van der Waals surface area contributed by atoms with Crippen LogP contribution in [0, 0.1) is 12.8 Å². The molecular formula is C16H23N3O2S. The van der Waals surface area contributed by atoms with E-state index < -0.39 is 0 Å². The van der Waals surface area contributed by atoms with Crippen molar-refractivity contribution in [1.29, 1.82) is 0 Å². The van der Waals surface area contributed by atoms with Crippen molar-refractivity contribution in [1.82, 2.24) is 15.5 Å². The molecule has 0 spiro atoms. The molecule has 2 amide bonds. The number of carbonyl (C=O) groups is 2. The van der Waals surface area contributed by atoms with Crippen LogP contribution in [0.2, 0.25) is 0 Å². The number of hydrogen-bond acceptors (Lipinski definition) is 4. The third kappa shape index (κ3) is 2.90. The number of fused-ring (bicyclic) bond motifs is 1. The summed E-state index contributed by atoms with van der Waals surface area (Å²) < 4.78 is 0. The maximum absolute atomic E-state index is 12.6. The fraction of sp³-hybridized carbons (Fsp3) is 0.625. The molecule has 0 radical (unpaired) electrons. The van der Waals surface area contributed by atoms with Gasteiger partial charge in [0.1, 0.15) is 6.04 Å². The topological polar surface area (TPSA) is 61.4 Å². The lowest BCUT2D eigenvalue weighted by Crippen LogP contribution is -2.50. The number of nitrogens with zero attached hydrogens (tertiary/aromatic N) is 1. The van der Waals surface area contributed by atoms with Crippen molar-refractivity contribution in [3.8, 4) is 0 Å². The van der Waals surface area contributed by atoms with Gasteiger partial charge in [0.15, 0.2) is 0 Å². The van der Waals surface area contributed by atoms with Gasteiger partial charge in [0.05, 0.1) is 12.6 Å². The summed E-state index contributed by atoms with van der Waals surface area (Å²) in [5, 5.41) is 8.06. The lowest BCUT2D eigenvalue weighted by molar-refractivity contribution is -0.139. The Labute approximate surface area is 135 Å². The minimum Gasteiger partial charge on any atom is -0.347 e. The zero-order chi connectivity index (χ0) is 15.9. The van der Waals surface area contributed by atoms with Crippen LogP contribution >= 0.6 is 11.3 Å². The number of likely N-dealkylation sites (tertiary alicyclic amines) is 1. The van der Waals surface area contributed by atoms with Crippen molar-refractivity contribution < 1.29 is 9.59 Å². The first-order valence-electron chi connectivity index (χ1n) is 7.82. The molecule has 1 aromatic heterocycles. The summed E-state index contributed by atoms with van der Waals surface area (Å²) >= 11 is 1.66. The molecule has 1 aliphatic carbocycles. The summed E-state index contributed by atoms with van der Waals surface area (Å²) in [7, 11) is 1.76. The van der Waals surface area contributed by atoms with Gasteiger partial charge in [-0.15, -0.1) is 11.3 Å². The number of rotatable bonds is 5. The molecule has 3 unspecified atom stereocenters. The first kappa shape index (κ1) is 15.5. The number of piperidine rings is 1. The van der Waals surface area contributed by atoms with Crippen LogP contribution in [0.25, 0.3) is 0 Å². The van der Waals surface area contributed by atoms with Crippen molar-refractivity contribution in [3.05, 3.63) is 21.9 Å². The van der Waals surface area contributed by atoms with Crippen LogP contribution in [-0.4, -0.2) is 42.4 Å². The van der Waals surface area contributed by atoms with E-state index in [4.69, 9.17) is 0 Å².